The Hall–Kier alpha value is -1.66. The summed E-state index contributed by atoms with van der Waals surface area (Å²) >= 11 is 0. The van der Waals surface area contributed by atoms with Gasteiger partial charge in [-0.15, -0.1) is 0 Å². The third-order valence-electron chi connectivity index (χ3n) is 3.45. The molecule has 1 atom stereocenters. The molecule has 1 aliphatic rings. The molecule has 1 rings (SSSR count). The average Bonchev–Trinajstić information content (AvgIpc) is 2.78. The van der Waals surface area contributed by atoms with Crippen LogP contribution in [0.2, 0.25) is 0 Å². The molecule has 0 aromatic heterocycles. The van der Waals surface area contributed by atoms with E-state index >= 15 is 0 Å². The minimum absolute atomic E-state index is 0.0265. The number of hydrogen-bond donors (Lipinski definition) is 1. The second kappa shape index (κ2) is 25.4. The predicted molar refractivity (Wildman–Crippen MR) is 108 cm³/mol. The monoisotopic (exact) mass is 434 g/mol. The lowest BCUT2D eigenvalue weighted by Gasteiger charge is -2.22. The highest BCUT2D eigenvalue weighted by atomic mass is 16.7. The Morgan fingerprint density at radius 1 is 0.767 bits per heavy atom. The molecule has 13 heteroatoms. The van der Waals surface area contributed by atoms with E-state index in [1.54, 1.807) is 0 Å². The number of aliphatic hydroxyl groups is 1. The van der Waals surface area contributed by atoms with Gasteiger partial charge in [-0.25, -0.2) is 0 Å². The van der Waals surface area contributed by atoms with Crippen molar-refractivity contribution in [1.29, 1.82) is 0 Å². The van der Waals surface area contributed by atoms with Crippen LogP contribution in [-0.4, -0.2) is 97.2 Å². The van der Waals surface area contributed by atoms with Crippen molar-refractivity contribution < 1.29 is 33.5 Å². The van der Waals surface area contributed by atoms with Gasteiger partial charge in [0.2, 0.25) is 0 Å². The largest absolute Gasteiger partial charge is 0.394 e. The van der Waals surface area contributed by atoms with E-state index in [4.69, 9.17) is 44.6 Å². The zero-order chi connectivity index (χ0) is 22.0. The van der Waals surface area contributed by atoms with Crippen LogP contribution in [0, 0.1) is 0 Å². The van der Waals surface area contributed by atoms with E-state index in [1.807, 2.05) is 0 Å². The summed E-state index contributed by atoms with van der Waals surface area (Å²) in [7, 11) is 0. The second-order valence-corrected chi connectivity index (χ2v) is 5.75. The molecular weight excluding hydrogens is 400 g/mol. The van der Waals surface area contributed by atoms with Crippen LogP contribution in [0.4, 0.5) is 0 Å². The zero-order valence-electron chi connectivity index (χ0n) is 17.5. The third-order valence-corrected chi connectivity index (χ3v) is 3.45. The van der Waals surface area contributed by atoms with Crippen molar-refractivity contribution in [3.63, 3.8) is 0 Å². The summed E-state index contributed by atoms with van der Waals surface area (Å²) in [6, 6.07) is 0. The number of hydrogen-bond acceptors (Lipinski definition) is 9. The molecule has 0 spiro atoms. The normalized spacial score (nSPS) is 15.4. The molecule has 1 heterocycles. The molecule has 174 valence electrons. The number of ether oxygens (including phenoxy) is 6. The summed E-state index contributed by atoms with van der Waals surface area (Å²) in [6.07, 6.45) is 3.22. The predicted octanol–water partition coefficient (Wildman–Crippen LogP) is 2.20. The number of azide groups is 2. The molecule has 30 heavy (non-hydrogen) atoms. The maximum Gasteiger partial charge on any atom is 0.157 e. The minimum atomic E-state index is -0.0533. The summed E-state index contributed by atoms with van der Waals surface area (Å²) in [5.74, 6) is 0. The van der Waals surface area contributed by atoms with Gasteiger partial charge < -0.3 is 33.5 Å². The van der Waals surface area contributed by atoms with Crippen LogP contribution in [0.3, 0.4) is 0 Å². The van der Waals surface area contributed by atoms with Crippen molar-refractivity contribution in [1.82, 2.24) is 0 Å². The van der Waals surface area contributed by atoms with Gasteiger partial charge in [0.05, 0.1) is 66.1 Å². The van der Waals surface area contributed by atoms with E-state index in [1.165, 1.54) is 6.42 Å². The van der Waals surface area contributed by atoms with Crippen LogP contribution < -0.4 is 0 Å². The van der Waals surface area contributed by atoms with Crippen molar-refractivity contribution >= 4 is 0 Å². The first-order valence-electron chi connectivity index (χ1n) is 10.0. The average molecular weight is 434 g/mol. The van der Waals surface area contributed by atoms with Gasteiger partial charge in [0.15, 0.2) is 6.29 Å². The fourth-order valence-corrected chi connectivity index (χ4v) is 2.09. The van der Waals surface area contributed by atoms with Gasteiger partial charge in [-0.3, -0.25) is 0 Å². The molecule has 0 aromatic rings. The molecule has 1 N–H and O–H groups in total. The topological polar surface area (TPSA) is 173 Å². The van der Waals surface area contributed by atoms with Crippen molar-refractivity contribution in [2.75, 3.05) is 85.8 Å². The van der Waals surface area contributed by atoms with E-state index < -0.39 is 0 Å². The fraction of sp³-hybridized carbons (Fsp3) is 1.00. The summed E-state index contributed by atoms with van der Waals surface area (Å²) in [6.45, 7) is 5.72. The van der Waals surface area contributed by atoms with E-state index in [2.05, 4.69) is 20.1 Å². The van der Waals surface area contributed by atoms with E-state index in [0.29, 0.717) is 72.6 Å². The maximum absolute atomic E-state index is 8.32. The number of rotatable bonds is 18. The lowest BCUT2D eigenvalue weighted by Crippen LogP contribution is -2.24. The Balaban J connectivity index is 0.000000612. The Morgan fingerprint density at radius 2 is 1.30 bits per heavy atom. The van der Waals surface area contributed by atoms with Gasteiger partial charge in [0, 0.05) is 29.5 Å². The van der Waals surface area contributed by atoms with Crippen molar-refractivity contribution in [3.8, 4) is 0 Å². The molecule has 1 fully saturated rings. The van der Waals surface area contributed by atoms with E-state index in [9.17, 15) is 0 Å². The molecular formula is C17H34N6O7. The van der Waals surface area contributed by atoms with Crippen molar-refractivity contribution in [2.24, 2.45) is 10.2 Å². The fourth-order valence-electron chi connectivity index (χ4n) is 2.09. The van der Waals surface area contributed by atoms with Gasteiger partial charge in [-0.05, 0) is 30.3 Å². The third kappa shape index (κ3) is 22.6. The maximum atomic E-state index is 8.32. The van der Waals surface area contributed by atoms with Crippen LogP contribution in [0.25, 0.3) is 20.9 Å². The Bertz CT molecular complexity index is 456. The van der Waals surface area contributed by atoms with Crippen LogP contribution in [-0.2, 0) is 28.4 Å². The SMILES string of the molecule is [N-]=[N+]=NCCOCCOCCO.[N-]=[N+]=NCCOCCOCCOC1CCCCO1. The number of nitrogens with zero attached hydrogens (tertiary/aromatic N) is 6. The highest BCUT2D eigenvalue weighted by Crippen LogP contribution is 2.13. The van der Waals surface area contributed by atoms with Crippen molar-refractivity contribution in [3.05, 3.63) is 20.9 Å². The number of aliphatic hydroxyl groups excluding tert-OH is 1. The molecule has 0 aromatic carbocycles. The molecule has 0 saturated carbocycles. The van der Waals surface area contributed by atoms with Crippen LogP contribution >= 0.6 is 0 Å². The Morgan fingerprint density at radius 3 is 1.80 bits per heavy atom. The summed E-state index contributed by atoms with van der Waals surface area (Å²) in [4.78, 5) is 5.19. The second-order valence-electron chi connectivity index (χ2n) is 5.75. The highest BCUT2D eigenvalue weighted by Gasteiger charge is 2.13. The molecule has 0 aliphatic carbocycles. The van der Waals surface area contributed by atoms with Gasteiger partial charge in [-0.1, -0.05) is 10.2 Å². The first kappa shape index (κ1) is 28.3. The Labute approximate surface area is 176 Å². The molecule has 0 bridgehead atoms. The van der Waals surface area contributed by atoms with Gasteiger partial charge in [0.1, 0.15) is 0 Å². The molecule has 0 radical (unpaired) electrons. The van der Waals surface area contributed by atoms with Crippen molar-refractivity contribution in [2.45, 2.75) is 25.6 Å². The molecule has 1 aliphatic heterocycles. The summed E-state index contributed by atoms with van der Waals surface area (Å²) < 4.78 is 31.3. The summed E-state index contributed by atoms with van der Waals surface area (Å²) in [5, 5.41) is 15.0. The van der Waals surface area contributed by atoms with Crippen LogP contribution in [0.15, 0.2) is 10.2 Å². The van der Waals surface area contributed by atoms with E-state index in [0.717, 1.165) is 19.4 Å². The quantitative estimate of drug-likeness (QED) is 0.149. The lowest BCUT2D eigenvalue weighted by molar-refractivity contribution is -0.169. The lowest BCUT2D eigenvalue weighted by atomic mass is 10.2. The molecule has 0 amide bonds. The van der Waals surface area contributed by atoms with Crippen LogP contribution in [0.5, 0.6) is 0 Å². The molecule has 1 saturated heterocycles. The standard InChI is InChI=1S/C11H21N3O4.C6H13N3O3/c12-14-13-4-6-15-7-8-16-9-10-18-11-3-1-2-5-17-11;7-9-8-1-3-11-5-6-12-4-2-10/h11H,1-10H2;10H,1-6H2. The Kier molecular flexibility index (Phi) is 24.0. The van der Waals surface area contributed by atoms with Crippen LogP contribution in [0.1, 0.15) is 19.3 Å². The first-order chi connectivity index (χ1) is 14.8. The van der Waals surface area contributed by atoms with Gasteiger partial charge >= 0.3 is 0 Å². The molecule has 1 unspecified atom stereocenters. The summed E-state index contributed by atoms with van der Waals surface area (Å²) in [5.41, 5.74) is 15.9. The molecule has 13 nitrogen and oxygen atoms in total. The van der Waals surface area contributed by atoms with Gasteiger partial charge in [-0.2, -0.15) is 0 Å². The smallest absolute Gasteiger partial charge is 0.157 e. The first-order valence-corrected chi connectivity index (χ1v) is 10.0. The van der Waals surface area contributed by atoms with E-state index in [-0.39, 0.29) is 12.9 Å². The zero-order valence-corrected chi connectivity index (χ0v) is 17.5. The minimum Gasteiger partial charge on any atom is -0.394 e. The highest BCUT2D eigenvalue weighted by molar-refractivity contribution is 4.53. The van der Waals surface area contributed by atoms with Gasteiger partial charge in [0.25, 0.3) is 0 Å².